The van der Waals surface area contributed by atoms with E-state index in [1.54, 1.807) is 19.1 Å². The lowest BCUT2D eigenvalue weighted by atomic mass is 9.67. The zero-order valence-corrected chi connectivity index (χ0v) is 14.3. The molecule has 1 aliphatic heterocycles. The second-order valence-corrected chi connectivity index (χ2v) is 7.23. The van der Waals surface area contributed by atoms with Crippen molar-refractivity contribution in [2.24, 2.45) is 11.3 Å². The topological polar surface area (TPSA) is 84.3 Å². The van der Waals surface area contributed by atoms with E-state index in [1.807, 2.05) is 13.0 Å². The Morgan fingerprint density at radius 3 is 3.00 bits per heavy atom. The van der Waals surface area contributed by atoms with Gasteiger partial charge in [-0.25, -0.2) is 0 Å². The van der Waals surface area contributed by atoms with Crippen LogP contribution < -0.4 is 10.6 Å². The smallest absolute Gasteiger partial charge is 0.272 e. The van der Waals surface area contributed by atoms with Crippen molar-refractivity contribution in [3.63, 3.8) is 0 Å². The number of nitrogens with zero attached hydrogens (tertiary/aromatic N) is 1. The molecule has 130 valence electrons. The Morgan fingerprint density at radius 1 is 1.46 bits per heavy atom. The first kappa shape index (κ1) is 16.9. The summed E-state index contributed by atoms with van der Waals surface area (Å²) in [5.41, 5.74) is 1.21. The number of fused-ring (bicyclic) bond motifs is 1. The fourth-order valence-corrected chi connectivity index (χ4v) is 4.21. The van der Waals surface area contributed by atoms with Gasteiger partial charge < -0.3 is 10.6 Å². The van der Waals surface area contributed by atoms with E-state index in [0.29, 0.717) is 11.5 Å². The number of benzene rings is 1. The van der Waals surface area contributed by atoms with Crippen molar-refractivity contribution in [1.82, 2.24) is 10.6 Å². The van der Waals surface area contributed by atoms with Gasteiger partial charge in [-0.1, -0.05) is 25.0 Å². The van der Waals surface area contributed by atoms with Crippen LogP contribution in [-0.2, 0) is 4.79 Å². The summed E-state index contributed by atoms with van der Waals surface area (Å²) in [5, 5.41) is 17.6. The lowest BCUT2D eigenvalue weighted by Crippen LogP contribution is -2.48. The Labute approximate surface area is 142 Å². The normalized spacial score (nSPS) is 27.3. The molecule has 2 aliphatic rings. The molecule has 1 saturated carbocycles. The Hall–Kier alpha value is -1.95. The van der Waals surface area contributed by atoms with E-state index in [1.165, 1.54) is 6.42 Å². The number of hydrogen-bond donors (Lipinski definition) is 2. The van der Waals surface area contributed by atoms with Gasteiger partial charge in [0.25, 0.3) is 5.69 Å². The minimum atomic E-state index is -0.371. The first-order chi connectivity index (χ1) is 11.4. The maximum absolute atomic E-state index is 13.0. The number of carbonyl (C=O) groups excluding carboxylic acids is 1. The first-order valence-corrected chi connectivity index (χ1v) is 8.70. The number of carbonyl (C=O) groups is 1. The van der Waals surface area contributed by atoms with Crippen LogP contribution in [0, 0.1) is 28.4 Å². The van der Waals surface area contributed by atoms with Crippen molar-refractivity contribution < 1.29 is 9.72 Å². The minimum Gasteiger partial charge on any atom is -0.349 e. The maximum Gasteiger partial charge on any atom is 0.272 e. The molecule has 0 radical (unpaired) electrons. The summed E-state index contributed by atoms with van der Waals surface area (Å²) in [7, 11) is 0. The quantitative estimate of drug-likeness (QED) is 0.656. The van der Waals surface area contributed by atoms with Crippen LogP contribution >= 0.6 is 0 Å². The highest BCUT2D eigenvalue weighted by molar-refractivity contribution is 5.84. The maximum atomic E-state index is 13.0. The van der Waals surface area contributed by atoms with Crippen molar-refractivity contribution in [2.45, 2.75) is 45.6 Å². The Bertz CT molecular complexity index is 661. The highest BCUT2D eigenvalue weighted by atomic mass is 16.6. The van der Waals surface area contributed by atoms with Gasteiger partial charge in [0.05, 0.1) is 16.4 Å². The summed E-state index contributed by atoms with van der Waals surface area (Å²) in [6.45, 7) is 5.27. The second kappa shape index (κ2) is 6.51. The third kappa shape index (κ3) is 2.90. The summed E-state index contributed by atoms with van der Waals surface area (Å²) >= 11 is 0. The molecule has 1 aliphatic carbocycles. The van der Waals surface area contributed by atoms with Crippen LogP contribution in [0.1, 0.15) is 49.8 Å². The number of aryl methyl sites for hydroxylation is 1. The predicted molar refractivity (Wildman–Crippen MR) is 91.7 cm³/mol. The van der Waals surface area contributed by atoms with Crippen molar-refractivity contribution in [2.75, 3.05) is 13.1 Å². The molecule has 1 aromatic rings. The third-order valence-electron chi connectivity index (χ3n) is 5.77. The molecule has 0 aromatic heterocycles. The number of amides is 1. The molecule has 1 saturated heterocycles. The van der Waals surface area contributed by atoms with E-state index in [4.69, 9.17) is 0 Å². The van der Waals surface area contributed by atoms with Crippen molar-refractivity contribution in [1.29, 1.82) is 0 Å². The van der Waals surface area contributed by atoms with Crippen LogP contribution in [-0.4, -0.2) is 23.9 Å². The van der Waals surface area contributed by atoms with Gasteiger partial charge in [-0.15, -0.1) is 0 Å². The number of nitrogens with one attached hydrogen (secondary N) is 2. The van der Waals surface area contributed by atoms with E-state index >= 15 is 0 Å². The standard InChI is InChI=1S/C18H25N3O3/c1-12-6-7-14(9-16(12)21(23)24)13(2)20-17(22)18-8-4-3-5-15(18)10-19-11-18/h6-7,9,13,15,19H,3-5,8,10-11H2,1-2H3,(H,20,22)/t13?,15-,18+/m0/s1. The molecule has 0 spiro atoms. The SMILES string of the molecule is Cc1ccc(C(C)NC(=O)[C@@]23CCCC[C@H]2CNC3)cc1[N+](=O)[O-]. The average Bonchev–Trinajstić information content (AvgIpc) is 3.00. The number of nitro benzene ring substituents is 1. The van der Waals surface area contributed by atoms with E-state index < -0.39 is 0 Å². The number of rotatable bonds is 4. The van der Waals surface area contributed by atoms with Crippen LogP contribution in [0.4, 0.5) is 5.69 Å². The molecule has 2 N–H and O–H groups in total. The molecular formula is C18H25N3O3. The lowest BCUT2D eigenvalue weighted by molar-refractivity contribution is -0.385. The number of nitro groups is 1. The van der Waals surface area contributed by atoms with Gasteiger partial charge in [-0.05, 0) is 44.7 Å². The molecular weight excluding hydrogens is 306 g/mol. The summed E-state index contributed by atoms with van der Waals surface area (Å²) in [6.07, 6.45) is 4.32. The summed E-state index contributed by atoms with van der Waals surface area (Å²) in [4.78, 5) is 23.7. The average molecular weight is 331 g/mol. The van der Waals surface area contributed by atoms with Gasteiger partial charge in [-0.2, -0.15) is 0 Å². The summed E-state index contributed by atoms with van der Waals surface area (Å²) in [6, 6.07) is 4.93. The zero-order chi connectivity index (χ0) is 17.3. The molecule has 0 bridgehead atoms. The summed E-state index contributed by atoms with van der Waals surface area (Å²) in [5.74, 6) is 0.499. The van der Waals surface area contributed by atoms with Crippen LogP contribution in [0.5, 0.6) is 0 Å². The van der Waals surface area contributed by atoms with E-state index in [2.05, 4.69) is 10.6 Å². The Kier molecular flexibility index (Phi) is 4.58. The van der Waals surface area contributed by atoms with Gasteiger partial charge in [0.15, 0.2) is 0 Å². The molecule has 3 atom stereocenters. The van der Waals surface area contributed by atoms with Crippen molar-refractivity contribution in [3.8, 4) is 0 Å². The second-order valence-electron chi connectivity index (χ2n) is 7.23. The first-order valence-electron chi connectivity index (χ1n) is 8.70. The lowest BCUT2D eigenvalue weighted by Gasteiger charge is -2.38. The van der Waals surface area contributed by atoms with E-state index in [9.17, 15) is 14.9 Å². The molecule has 3 rings (SSSR count). The molecule has 24 heavy (non-hydrogen) atoms. The molecule has 1 aromatic carbocycles. The van der Waals surface area contributed by atoms with Crippen LogP contribution in [0.25, 0.3) is 0 Å². The fourth-order valence-electron chi connectivity index (χ4n) is 4.21. The van der Waals surface area contributed by atoms with Gasteiger partial charge in [-0.3, -0.25) is 14.9 Å². The Balaban J connectivity index is 1.77. The predicted octanol–water partition coefficient (Wildman–Crippen LogP) is 2.86. The fraction of sp³-hybridized carbons (Fsp3) is 0.611. The van der Waals surface area contributed by atoms with Gasteiger partial charge >= 0.3 is 0 Å². The molecule has 2 fully saturated rings. The molecule has 6 heteroatoms. The van der Waals surface area contributed by atoms with E-state index in [0.717, 1.165) is 37.9 Å². The number of hydrogen-bond acceptors (Lipinski definition) is 4. The molecule has 1 amide bonds. The van der Waals surface area contributed by atoms with Crippen LogP contribution in [0.2, 0.25) is 0 Å². The monoisotopic (exact) mass is 331 g/mol. The molecule has 1 heterocycles. The molecule has 6 nitrogen and oxygen atoms in total. The van der Waals surface area contributed by atoms with Gasteiger partial charge in [0.1, 0.15) is 0 Å². The highest BCUT2D eigenvalue weighted by Crippen LogP contribution is 2.44. The molecule has 1 unspecified atom stereocenters. The third-order valence-corrected chi connectivity index (χ3v) is 5.77. The zero-order valence-electron chi connectivity index (χ0n) is 14.3. The van der Waals surface area contributed by atoms with Gasteiger partial charge in [0.2, 0.25) is 5.91 Å². The Morgan fingerprint density at radius 2 is 2.25 bits per heavy atom. The minimum absolute atomic E-state index is 0.0907. The van der Waals surface area contributed by atoms with Crippen molar-refractivity contribution in [3.05, 3.63) is 39.4 Å². The van der Waals surface area contributed by atoms with Gasteiger partial charge in [0, 0.05) is 18.2 Å². The van der Waals surface area contributed by atoms with E-state index in [-0.39, 0.29) is 28.0 Å². The highest BCUT2D eigenvalue weighted by Gasteiger charge is 2.50. The van der Waals surface area contributed by atoms with Crippen LogP contribution in [0.3, 0.4) is 0 Å². The largest absolute Gasteiger partial charge is 0.349 e. The van der Waals surface area contributed by atoms with Crippen LogP contribution in [0.15, 0.2) is 18.2 Å². The summed E-state index contributed by atoms with van der Waals surface area (Å²) < 4.78 is 0. The van der Waals surface area contributed by atoms with Crippen molar-refractivity contribution >= 4 is 11.6 Å².